The monoisotopic (exact) mass is 168 g/mol. The quantitative estimate of drug-likeness (QED) is 0.670. The maximum atomic E-state index is 5.55. The first-order valence-electron chi connectivity index (χ1n) is 4.00. The normalized spacial score (nSPS) is 28.9. The van der Waals surface area contributed by atoms with Crippen molar-refractivity contribution >= 4 is 12.6 Å². The third-order valence-electron chi connectivity index (χ3n) is 2.31. The van der Waals surface area contributed by atoms with Gasteiger partial charge in [0, 0.05) is 11.7 Å². The Labute approximate surface area is 72.2 Å². The summed E-state index contributed by atoms with van der Waals surface area (Å²) in [5.74, 6) is 4.38. The summed E-state index contributed by atoms with van der Waals surface area (Å²) in [6.07, 6.45) is 1.29. The molecule has 0 saturated heterocycles. The van der Waals surface area contributed by atoms with E-state index in [-0.39, 0.29) is 0 Å². The standard InChI is InChI=1S/C9H12OS/c1-6-4-8(6)9-3-2-7(5-11)10-9/h2-3,6,8,11H,4-5H2,1H3. The Kier molecular flexibility index (Phi) is 1.72. The Hall–Kier alpha value is -0.370. The van der Waals surface area contributed by atoms with Gasteiger partial charge in [0.1, 0.15) is 11.5 Å². The minimum Gasteiger partial charge on any atom is -0.465 e. The lowest BCUT2D eigenvalue weighted by atomic mass is 10.3. The van der Waals surface area contributed by atoms with Gasteiger partial charge in [0.2, 0.25) is 0 Å². The molecule has 1 saturated carbocycles. The fourth-order valence-electron chi connectivity index (χ4n) is 1.40. The average Bonchev–Trinajstić information content (AvgIpc) is 2.59. The summed E-state index contributed by atoms with van der Waals surface area (Å²) in [6, 6.07) is 4.10. The Morgan fingerprint density at radius 2 is 2.36 bits per heavy atom. The van der Waals surface area contributed by atoms with Gasteiger partial charge in [-0.1, -0.05) is 6.92 Å². The summed E-state index contributed by atoms with van der Waals surface area (Å²) >= 11 is 4.14. The molecule has 11 heavy (non-hydrogen) atoms. The second-order valence-corrected chi connectivity index (χ2v) is 3.60. The molecule has 0 aromatic carbocycles. The van der Waals surface area contributed by atoms with Crippen LogP contribution >= 0.6 is 12.6 Å². The number of furan rings is 1. The lowest BCUT2D eigenvalue weighted by Gasteiger charge is -1.90. The van der Waals surface area contributed by atoms with E-state index in [9.17, 15) is 0 Å². The van der Waals surface area contributed by atoms with Gasteiger partial charge in [0.25, 0.3) is 0 Å². The number of thiol groups is 1. The highest BCUT2D eigenvalue weighted by atomic mass is 32.1. The third-order valence-corrected chi connectivity index (χ3v) is 2.62. The summed E-state index contributed by atoms with van der Waals surface area (Å²) in [5, 5.41) is 0. The molecule has 1 heterocycles. The lowest BCUT2D eigenvalue weighted by Crippen LogP contribution is -1.74. The van der Waals surface area contributed by atoms with Crippen LogP contribution in [0.15, 0.2) is 16.5 Å². The van der Waals surface area contributed by atoms with Crippen molar-refractivity contribution in [2.75, 3.05) is 0 Å². The van der Waals surface area contributed by atoms with Gasteiger partial charge in [-0.15, -0.1) is 0 Å². The predicted octanol–water partition coefficient (Wildman–Crippen LogP) is 2.83. The van der Waals surface area contributed by atoms with E-state index in [0.29, 0.717) is 11.7 Å². The third kappa shape index (κ3) is 1.32. The molecule has 0 radical (unpaired) electrons. The molecule has 0 N–H and O–H groups in total. The second kappa shape index (κ2) is 2.59. The Bertz CT molecular complexity index is 254. The zero-order chi connectivity index (χ0) is 7.84. The summed E-state index contributed by atoms with van der Waals surface area (Å²) in [6.45, 7) is 2.26. The molecule has 2 unspecified atom stereocenters. The van der Waals surface area contributed by atoms with E-state index < -0.39 is 0 Å². The zero-order valence-electron chi connectivity index (χ0n) is 6.58. The van der Waals surface area contributed by atoms with Crippen molar-refractivity contribution < 1.29 is 4.42 Å². The summed E-state index contributed by atoms with van der Waals surface area (Å²) in [7, 11) is 0. The number of hydrogen-bond donors (Lipinski definition) is 1. The van der Waals surface area contributed by atoms with E-state index in [0.717, 1.165) is 17.4 Å². The van der Waals surface area contributed by atoms with Crippen molar-refractivity contribution in [3.05, 3.63) is 23.7 Å². The van der Waals surface area contributed by atoms with Crippen molar-refractivity contribution in [2.45, 2.75) is 25.0 Å². The van der Waals surface area contributed by atoms with Gasteiger partial charge < -0.3 is 4.42 Å². The van der Waals surface area contributed by atoms with E-state index >= 15 is 0 Å². The number of hydrogen-bond acceptors (Lipinski definition) is 2. The molecule has 2 atom stereocenters. The van der Waals surface area contributed by atoms with Crippen LogP contribution in [0, 0.1) is 5.92 Å². The summed E-state index contributed by atoms with van der Waals surface area (Å²) in [4.78, 5) is 0. The molecule has 0 bridgehead atoms. The van der Waals surface area contributed by atoms with Crippen LogP contribution < -0.4 is 0 Å². The molecule has 1 aliphatic carbocycles. The molecular weight excluding hydrogens is 156 g/mol. The van der Waals surface area contributed by atoms with Crippen LogP contribution in [0.2, 0.25) is 0 Å². The maximum absolute atomic E-state index is 5.55. The van der Waals surface area contributed by atoms with Crippen LogP contribution in [0.3, 0.4) is 0 Å². The van der Waals surface area contributed by atoms with Gasteiger partial charge >= 0.3 is 0 Å². The molecule has 0 amide bonds. The minimum atomic E-state index is 0.698. The SMILES string of the molecule is CC1CC1c1ccc(CS)o1. The number of rotatable bonds is 2. The molecule has 2 heteroatoms. The second-order valence-electron chi connectivity index (χ2n) is 3.28. The van der Waals surface area contributed by atoms with E-state index in [4.69, 9.17) is 4.42 Å². The molecule has 1 aliphatic rings. The molecule has 1 fully saturated rings. The minimum absolute atomic E-state index is 0.698. The molecule has 1 nitrogen and oxygen atoms in total. The van der Waals surface area contributed by atoms with Crippen molar-refractivity contribution in [1.82, 2.24) is 0 Å². The predicted molar refractivity (Wildman–Crippen MR) is 47.9 cm³/mol. The maximum Gasteiger partial charge on any atom is 0.113 e. The molecule has 1 aromatic rings. The zero-order valence-corrected chi connectivity index (χ0v) is 7.47. The van der Waals surface area contributed by atoms with Crippen LogP contribution in [-0.4, -0.2) is 0 Å². The summed E-state index contributed by atoms with van der Waals surface area (Å²) < 4.78 is 5.55. The van der Waals surface area contributed by atoms with Gasteiger partial charge in [-0.05, 0) is 24.5 Å². The van der Waals surface area contributed by atoms with Crippen molar-refractivity contribution in [3.8, 4) is 0 Å². The van der Waals surface area contributed by atoms with Gasteiger partial charge in [0.15, 0.2) is 0 Å². The van der Waals surface area contributed by atoms with Crippen molar-refractivity contribution in [2.24, 2.45) is 5.92 Å². The van der Waals surface area contributed by atoms with Crippen molar-refractivity contribution in [1.29, 1.82) is 0 Å². The summed E-state index contributed by atoms with van der Waals surface area (Å²) in [5.41, 5.74) is 0. The first-order valence-corrected chi connectivity index (χ1v) is 4.64. The first kappa shape index (κ1) is 7.29. The molecule has 60 valence electrons. The van der Waals surface area contributed by atoms with Crippen molar-refractivity contribution in [3.63, 3.8) is 0 Å². The Balaban J connectivity index is 2.13. The largest absolute Gasteiger partial charge is 0.465 e. The molecule has 0 aliphatic heterocycles. The smallest absolute Gasteiger partial charge is 0.113 e. The topological polar surface area (TPSA) is 13.1 Å². The van der Waals surface area contributed by atoms with Gasteiger partial charge in [-0.3, -0.25) is 0 Å². The highest BCUT2D eigenvalue weighted by molar-refractivity contribution is 7.79. The average molecular weight is 168 g/mol. The van der Waals surface area contributed by atoms with E-state index in [1.165, 1.54) is 6.42 Å². The van der Waals surface area contributed by atoms with Gasteiger partial charge in [-0.2, -0.15) is 12.6 Å². The fraction of sp³-hybridized carbons (Fsp3) is 0.556. The fourth-order valence-corrected chi connectivity index (χ4v) is 1.57. The molecular formula is C9H12OS. The highest BCUT2D eigenvalue weighted by Gasteiger charge is 2.36. The lowest BCUT2D eigenvalue weighted by molar-refractivity contribution is 0.477. The highest BCUT2D eigenvalue weighted by Crippen LogP contribution is 2.47. The molecule has 1 aromatic heterocycles. The van der Waals surface area contributed by atoms with Crippen LogP contribution in [0.1, 0.15) is 30.8 Å². The van der Waals surface area contributed by atoms with Gasteiger partial charge in [0.05, 0.1) is 0 Å². The van der Waals surface area contributed by atoms with E-state index in [1.54, 1.807) is 0 Å². The first-order chi connectivity index (χ1) is 5.31. The van der Waals surface area contributed by atoms with E-state index in [2.05, 4.69) is 25.6 Å². The molecule has 2 rings (SSSR count). The Morgan fingerprint density at radius 1 is 1.64 bits per heavy atom. The Morgan fingerprint density at radius 3 is 2.82 bits per heavy atom. The van der Waals surface area contributed by atoms with Crippen LogP contribution in [0.4, 0.5) is 0 Å². The van der Waals surface area contributed by atoms with Crippen LogP contribution in [0.25, 0.3) is 0 Å². The van der Waals surface area contributed by atoms with E-state index in [1.807, 2.05) is 6.07 Å². The van der Waals surface area contributed by atoms with Gasteiger partial charge in [-0.25, -0.2) is 0 Å². The van der Waals surface area contributed by atoms with Crippen LogP contribution in [0.5, 0.6) is 0 Å². The molecule has 0 spiro atoms. The van der Waals surface area contributed by atoms with Crippen LogP contribution in [-0.2, 0) is 5.75 Å².